The molecule has 3 rings (SSSR count). The first-order chi connectivity index (χ1) is 12.6. The minimum atomic E-state index is -0.0115. The SMILES string of the molecule is COc1ccc(OC)c(C(=O)N2CC[NH+](Cc3cccc(Cl)c3)CC2)c1. The lowest BCUT2D eigenvalue weighted by atomic mass is 10.1. The third-order valence-electron chi connectivity index (χ3n) is 4.74. The van der Waals surface area contributed by atoms with Gasteiger partial charge in [-0.3, -0.25) is 4.79 Å². The number of carbonyl (C=O) groups is 1. The van der Waals surface area contributed by atoms with Gasteiger partial charge in [0.25, 0.3) is 5.91 Å². The van der Waals surface area contributed by atoms with Gasteiger partial charge in [0, 0.05) is 10.6 Å². The molecule has 5 nitrogen and oxygen atoms in total. The summed E-state index contributed by atoms with van der Waals surface area (Å²) in [6.45, 7) is 4.17. The van der Waals surface area contributed by atoms with Crippen molar-refractivity contribution in [2.24, 2.45) is 0 Å². The van der Waals surface area contributed by atoms with Crippen LogP contribution >= 0.6 is 11.6 Å². The molecule has 0 bridgehead atoms. The first-order valence-corrected chi connectivity index (χ1v) is 9.08. The Morgan fingerprint density at radius 2 is 1.88 bits per heavy atom. The van der Waals surface area contributed by atoms with Crippen LogP contribution in [-0.4, -0.2) is 51.2 Å². The third-order valence-corrected chi connectivity index (χ3v) is 4.97. The van der Waals surface area contributed by atoms with Crippen LogP contribution in [0.3, 0.4) is 0 Å². The fourth-order valence-electron chi connectivity index (χ4n) is 3.29. The number of benzene rings is 2. The van der Waals surface area contributed by atoms with Crippen LogP contribution in [0.1, 0.15) is 15.9 Å². The van der Waals surface area contributed by atoms with Crippen LogP contribution in [0.2, 0.25) is 5.02 Å². The molecule has 0 radical (unpaired) electrons. The molecular formula is C20H24ClN2O3+. The van der Waals surface area contributed by atoms with Gasteiger partial charge in [-0.25, -0.2) is 0 Å². The van der Waals surface area contributed by atoms with Crippen LogP contribution < -0.4 is 14.4 Å². The molecule has 1 heterocycles. The number of methoxy groups -OCH3 is 2. The number of amides is 1. The van der Waals surface area contributed by atoms with E-state index in [9.17, 15) is 4.79 Å². The van der Waals surface area contributed by atoms with Crippen molar-refractivity contribution >= 4 is 17.5 Å². The fraction of sp³-hybridized carbons (Fsp3) is 0.350. The van der Waals surface area contributed by atoms with E-state index in [1.807, 2.05) is 23.1 Å². The first-order valence-electron chi connectivity index (χ1n) is 8.70. The van der Waals surface area contributed by atoms with Gasteiger partial charge in [0.15, 0.2) is 0 Å². The molecule has 2 aromatic rings. The third kappa shape index (κ3) is 4.29. The Balaban J connectivity index is 1.63. The van der Waals surface area contributed by atoms with E-state index in [0.717, 1.165) is 37.7 Å². The molecule has 1 N–H and O–H groups in total. The predicted octanol–water partition coefficient (Wildman–Crippen LogP) is 1.90. The van der Waals surface area contributed by atoms with Gasteiger partial charge in [-0.1, -0.05) is 23.7 Å². The molecule has 0 unspecified atom stereocenters. The summed E-state index contributed by atoms with van der Waals surface area (Å²) in [7, 11) is 3.17. The fourth-order valence-corrected chi connectivity index (χ4v) is 3.50. The molecule has 0 saturated carbocycles. The summed E-state index contributed by atoms with van der Waals surface area (Å²) >= 11 is 6.06. The Labute approximate surface area is 159 Å². The molecule has 6 heteroatoms. The topological polar surface area (TPSA) is 43.2 Å². The van der Waals surface area contributed by atoms with E-state index < -0.39 is 0 Å². The zero-order valence-electron chi connectivity index (χ0n) is 15.1. The molecule has 1 fully saturated rings. The number of halogens is 1. The maximum absolute atomic E-state index is 12.9. The number of rotatable bonds is 5. The molecule has 2 aromatic carbocycles. The van der Waals surface area contributed by atoms with Crippen LogP contribution in [0.4, 0.5) is 0 Å². The van der Waals surface area contributed by atoms with E-state index in [1.165, 1.54) is 10.5 Å². The van der Waals surface area contributed by atoms with Crippen LogP contribution in [0.15, 0.2) is 42.5 Å². The van der Waals surface area contributed by atoms with E-state index in [-0.39, 0.29) is 5.91 Å². The Kier molecular flexibility index (Phi) is 6.01. The van der Waals surface area contributed by atoms with Crippen LogP contribution in [-0.2, 0) is 6.54 Å². The molecule has 0 atom stereocenters. The van der Waals surface area contributed by atoms with Crippen LogP contribution in [0.5, 0.6) is 11.5 Å². The number of nitrogens with zero attached hydrogens (tertiary/aromatic N) is 1. The Hall–Kier alpha value is -2.24. The number of nitrogens with one attached hydrogen (secondary N) is 1. The van der Waals surface area contributed by atoms with Crippen molar-refractivity contribution < 1.29 is 19.2 Å². The monoisotopic (exact) mass is 375 g/mol. The van der Waals surface area contributed by atoms with Crippen molar-refractivity contribution in [3.8, 4) is 11.5 Å². The lowest BCUT2D eigenvalue weighted by molar-refractivity contribution is -0.917. The zero-order valence-corrected chi connectivity index (χ0v) is 15.9. The highest BCUT2D eigenvalue weighted by Crippen LogP contribution is 2.25. The van der Waals surface area contributed by atoms with Crippen LogP contribution in [0.25, 0.3) is 0 Å². The lowest BCUT2D eigenvalue weighted by Gasteiger charge is -2.32. The van der Waals surface area contributed by atoms with Crippen molar-refractivity contribution in [2.75, 3.05) is 40.4 Å². The van der Waals surface area contributed by atoms with E-state index in [1.54, 1.807) is 32.4 Å². The van der Waals surface area contributed by atoms with Crippen LogP contribution in [0, 0.1) is 0 Å². The average molecular weight is 376 g/mol. The highest BCUT2D eigenvalue weighted by molar-refractivity contribution is 6.30. The summed E-state index contributed by atoms with van der Waals surface area (Å²) in [5.41, 5.74) is 1.77. The van der Waals surface area contributed by atoms with Gasteiger partial charge < -0.3 is 19.3 Å². The molecule has 1 amide bonds. The van der Waals surface area contributed by atoms with E-state index in [0.29, 0.717) is 17.1 Å². The van der Waals surface area contributed by atoms with Gasteiger partial charge in [0.2, 0.25) is 0 Å². The second kappa shape index (κ2) is 8.43. The molecule has 1 aliphatic heterocycles. The van der Waals surface area contributed by atoms with Crippen molar-refractivity contribution in [2.45, 2.75) is 6.54 Å². The summed E-state index contributed by atoms with van der Waals surface area (Å²) in [6.07, 6.45) is 0. The number of piperazine rings is 1. The number of hydrogen-bond acceptors (Lipinski definition) is 3. The maximum Gasteiger partial charge on any atom is 0.258 e. The van der Waals surface area contributed by atoms with Crippen molar-refractivity contribution in [1.82, 2.24) is 4.90 Å². The zero-order chi connectivity index (χ0) is 18.5. The molecule has 0 aliphatic carbocycles. The summed E-state index contributed by atoms with van der Waals surface area (Å²) in [5, 5.41) is 0.765. The summed E-state index contributed by atoms with van der Waals surface area (Å²) in [4.78, 5) is 16.3. The lowest BCUT2D eigenvalue weighted by Crippen LogP contribution is -3.13. The van der Waals surface area contributed by atoms with E-state index >= 15 is 0 Å². The van der Waals surface area contributed by atoms with E-state index in [2.05, 4.69) is 6.07 Å². The molecule has 1 aliphatic rings. The van der Waals surface area contributed by atoms with Gasteiger partial charge in [-0.2, -0.15) is 0 Å². The second-order valence-corrected chi connectivity index (χ2v) is 6.85. The number of hydrogen-bond donors (Lipinski definition) is 1. The highest BCUT2D eigenvalue weighted by atomic mass is 35.5. The molecule has 26 heavy (non-hydrogen) atoms. The highest BCUT2D eigenvalue weighted by Gasteiger charge is 2.26. The Morgan fingerprint density at radius 3 is 2.54 bits per heavy atom. The second-order valence-electron chi connectivity index (χ2n) is 6.42. The van der Waals surface area contributed by atoms with Crippen molar-refractivity contribution in [3.05, 3.63) is 58.6 Å². The smallest absolute Gasteiger partial charge is 0.258 e. The molecule has 138 valence electrons. The summed E-state index contributed by atoms with van der Waals surface area (Å²) in [6, 6.07) is 13.3. The van der Waals surface area contributed by atoms with Crippen molar-refractivity contribution in [1.29, 1.82) is 0 Å². The quantitative estimate of drug-likeness (QED) is 0.868. The maximum atomic E-state index is 12.9. The molecular weight excluding hydrogens is 352 g/mol. The average Bonchev–Trinajstić information content (AvgIpc) is 2.67. The van der Waals surface area contributed by atoms with E-state index in [4.69, 9.17) is 21.1 Å². The van der Waals surface area contributed by atoms with Gasteiger partial charge in [0.1, 0.15) is 18.0 Å². The van der Waals surface area contributed by atoms with Gasteiger partial charge >= 0.3 is 0 Å². The Morgan fingerprint density at radius 1 is 1.12 bits per heavy atom. The number of quaternary nitrogens is 1. The Bertz CT molecular complexity index is 773. The predicted molar refractivity (Wildman–Crippen MR) is 101 cm³/mol. The minimum Gasteiger partial charge on any atom is -0.497 e. The first kappa shape index (κ1) is 18.5. The molecule has 1 saturated heterocycles. The largest absolute Gasteiger partial charge is 0.497 e. The molecule has 0 aromatic heterocycles. The number of carbonyl (C=O) groups excluding carboxylic acids is 1. The van der Waals surface area contributed by atoms with Gasteiger partial charge in [0.05, 0.1) is 46.0 Å². The molecule has 0 spiro atoms. The number of ether oxygens (including phenoxy) is 2. The van der Waals surface area contributed by atoms with Gasteiger partial charge in [-0.05, 0) is 30.3 Å². The standard InChI is InChI=1S/C20H23ClN2O3/c1-25-17-6-7-19(26-2)18(13-17)20(24)23-10-8-22(9-11-23)14-15-4-3-5-16(21)12-15/h3-7,12-13H,8-11,14H2,1-2H3/p+1. The minimum absolute atomic E-state index is 0.0115. The summed E-state index contributed by atoms with van der Waals surface area (Å²) < 4.78 is 10.6. The normalized spacial score (nSPS) is 15.0. The van der Waals surface area contributed by atoms with Crippen molar-refractivity contribution in [3.63, 3.8) is 0 Å². The van der Waals surface area contributed by atoms with Gasteiger partial charge in [-0.15, -0.1) is 0 Å². The summed E-state index contributed by atoms with van der Waals surface area (Å²) in [5.74, 6) is 1.21.